The minimum atomic E-state index is -3.87. The first kappa shape index (κ1) is 25.8. The van der Waals surface area contributed by atoms with Gasteiger partial charge in [-0.3, -0.25) is 4.72 Å². The summed E-state index contributed by atoms with van der Waals surface area (Å²) in [7, 11) is -3.87. The van der Waals surface area contributed by atoms with Crippen molar-refractivity contribution in [2.75, 3.05) is 4.72 Å². The van der Waals surface area contributed by atoms with E-state index in [9.17, 15) is 18.3 Å². The molecule has 7 nitrogen and oxygen atoms in total. The number of anilines is 1. The van der Waals surface area contributed by atoms with Crippen LogP contribution in [0.1, 0.15) is 75.8 Å². The number of hydrogen-bond acceptors (Lipinski definition) is 6. The number of esters is 1. The number of benzene rings is 2. The lowest BCUT2D eigenvalue weighted by atomic mass is 9.79. The van der Waals surface area contributed by atoms with E-state index < -0.39 is 21.6 Å². The number of carbonyl (C=O) groups is 1. The SMILES string of the molecule is CCCC1(CCC)CC(O)=C(C(c2cccc(NS(=O)(=O)c3ccc(C#N)cc3)c2)C2CC2)C(=O)O1. The van der Waals surface area contributed by atoms with Crippen LogP contribution in [0, 0.1) is 17.2 Å². The molecule has 1 aliphatic carbocycles. The number of cyclic esters (lactones) is 1. The van der Waals surface area contributed by atoms with Gasteiger partial charge < -0.3 is 9.84 Å². The number of rotatable bonds is 10. The number of hydrogen-bond donors (Lipinski definition) is 2. The van der Waals surface area contributed by atoms with Gasteiger partial charge in [0.25, 0.3) is 10.0 Å². The average molecular weight is 509 g/mol. The van der Waals surface area contributed by atoms with Crippen molar-refractivity contribution in [1.29, 1.82) is 5.26 Å². The van der Waals surface area contributed by atoms with Crippen LogP contribution in [0.2, 0.25) is 0 Å². The van der Waals surface area contributed by atoms with Crippen LogP contribution in [-0.4, -0.2) is 25.1 Å². The van der Waals surface area contributed by atoms with Gasteiger partial charge in [0, 0.05) is 18.0 Å². The van der Waals surface area contributed by atoms with Gasteiger partial charge in [0.1, 0.15) is 11.4 Å². The minimum absolute atomic E-state index is 0.0463. The molecule has 0 saturated heterocycles. The standard InChI is InChI=1S/C28H32N2O5S/c1-3-14-28(15-4-2)17-24(31)26(27(32)35-28)25(20-10-11-20)21-6-5-7-22(16-21)30-36(33,34)23-12-8-19(18-29)9-13-23/h5-9,12-13,16,20,25,30-31H,3-4,10-11,14-15,17H2,1-2H3. The summed E-state index contributed by atoms with van der Waals surface area (Å²) in [5, 5.41) is 20.1. The van der Waals surface area contributed by atoms with Crippen molar-refractivity contribution in [2.45, 2.75) is 75.2 Å². The Bertz CT molecular complexity index is 1300. The van der Waals surface area contributed by atoms with E-state index in [1.165, 1.54) is 24.3 Å². The summed E-state index contributed by atoms with van der Waals surface area (Å²) >= 11 is 0. The summed E-state index contributed by atoms with van der Waals surface area (Å²) < 4.78 is 34.4. The molecule has 4 rings (SSSR count). The second-order valence-electron chi connectivity index (χ2n) is 9.79. The Balaban J connectivity index is 1.64. The molecule has 2 N–H and O–H groups in total. The van der Waals surface area contributed by atoms with Crippen molar-refractivity contribution in [1.82, 2.24) is 0 Å². The lowest BCUT2D eigenvalue weighted by molar-refractivity contribution is -0.161. The van der Waals surface area contributed by atoms with Gasteiger partial charge in [-0.05, 0) is 73.6 Å². The zero-order chi connectivity index (χ0) is 25.9. The molecular weight excluding hydrogens is 476 g/mol. The Morgan fingerprint density at radius 2 is 1.81 bits per heavy atom. The third-order valence-electron chi connectivity index (χ3n) is 6.94. The predicted molar refractivity (Wildman–Crippen MR) is 137 cm³/mol. The second-order valence-corrected chi connectivity index (χ2v) is 11.5. The van der Waals surface area contributed by atoms with Crippen molar-refractivity contribution in [3.8, 4) is 6.07 Å². The first-order valence-electron chi connectivity index (χ1n) is 12.5. The fraction of sp³-hybridized carbons (Fsp3) is 0.429. The Kier molecular flexibility index (Phi) is 7.41. The van der Waals surface area contributed by atoms with E-state index in [-0.39, 0.29) is 22.5 Å². The zero-order valence-electron chi connectivity index (χ0n) is 20.7. The molecule has 8 heteroatoms. The first-order valence-corrected chi connectivity index (χ1v) is 14.0. The highest BCUT2D eigenvalue weighted by molar-refractivity contribution is 7.92. The number of nitrogens with zero attached hydrogens (tertiary/aromatic N) is 1. The molecule has 1 saturated carbocycles. The fourth-order valence-corrected chi connectivity index (χ4v) is 6.30. The number of ether oxygens (including phenoxy) is 1. The van der Waals surface area contributed by atoms with Crippen molar-refractivity contribution in [2.24, 2.45) is 5.92 Å². The Labute approximate surface area is 212 Å². The maximum absolute atomic E-state index is 13.3. The van der Waals surface area contributed by atoms with Gasteiger partial charge in [0.05, 0.1) is 22.1 Å². The van der Waals surface area contributed by atoms with Crippen molar-refractivity contribution < 1.29 is 23.1 Å². The monoisotopic (exact) mass is 508 g/mol. The second kappa shape index (κ2) is 10.4. The van der Waals surface area contributed by atoms with E-state index in [1.54, 1.807) is 18.2 Å². The van der Waals surface area contributed by atoms with Crippen molar-refractivity contribution in [3.05, 3.63) is 71.0 Å². The number of sulfonamides is 1. The quantitative estimate of drug-likeness (QED) is 0.383. The van der Waals surface area contributed by atoms with E-state index in [4.69, 9.17) is 10.00 Å². The van der Waals surface area contributed by atoms with Crippen LogP contribution < -0.4 is 4.72 Å². The summed E-state index contributed by atoms with van der Waals surface area (Å²) in [5.74, 6) is -0.558. The minimum Gasteiger partial charge on any atom is -0.512 e. The van der Waals surface area contributed by atoms with Crippen LogP contribution in [0.15, 0.2) is 64.8 Å². The van der Waals surface area contributed by atoms with Gasteiger partial charge in [-0.15, -0.1) is 0 Å². The van der Waals surface area contributed by atoms with Crippen LogP contribution in [0.4, 0.5) is 5.69 Å². The van der Waals surface area contributed by atoms with Gasteiger partial charge in [0.15, 0.2) is 0 Å². The van der Waals surface area contributed by atoms with Crippen LogP contribution in [0.25, 0.3) is 0 Å². The molecule has 0 spiro atoms. The molecule has 1 fully saturated rings. The molecule has 0 aromatic heterocycles. The van der Waals surface area contributed by atoms with Crippen LogP contribution in [-0.2, 0) is 19.6 Å². The van der Waals surface area contributed by atoms with E-state index in [2.05, 4.69) is 4.72 Å². The third-order valence-corrected chi connectivity index (χ3v) is 8.33. The molecule has 2 aromatic carbocycles. The first-order chi connectivity index (χ1) is 17.2. The van der Waals surface area contributed by atoms with Crippen molar-refractivity contribution in [3.63, 3.8) is 0 Å². The molecule has 0 bridgehead atoms. The van der Waals surface area contributed by atoms with Crippen LogP contribution >= 0.6 is 0 Å². The molecule has 1 atom stereocenters. The van der Waals surface area contributed by atoms with Gasteiger partial charge in [-0.25, -0.2) is 13.2 Å². The third kappa shape index (κ3) is 5.41. The molecule has 2 aliphatic rings. The highest BCUT2D eigenvalue weighted by atomic mass is 32.2. The molecule has 1 unspecified atom stereocenters. The Morgan fingerprint density at radius 1 is 1.14 bits per heavy atom. The molecule has 0 amide bonds. The van der Waals surface area contributed by atoms with Crippen LogP contribution in [0.5, 0.6) is 0 Å². The van der Waals surface area contributed by atoms with Gasteiger partial charge >= 0.3 is 5.97 Å². The molecular formula is C28H32N2O5S. The van der Waals surface area contributed by atoms with Crippen molar-refractivity contribution >= 4 is 21.7 Å². The average Bonchev–Trinajstić information content (AvgIpc) is 3.67. The van der Waals surface area contributed by atoms with E-state index in [1.807, 2.05) is 26.0 Å². The topological polar surface area (TPSA) is 116 Å². The highest BCUT2D eigenvalue weighted by Gasteiger charge is 2.46. The maximum atomic E-state index is 13.3. The lowest BCUT2D eigenvalue weighted by Gasteiger charge is -2.38. The summed E-state index contributed by atoms with van der Waals surface area (Å²) in [4.78, 5) is 13.3. The number of nitriles is 1. The lowest BCUT2D eigenvalue weighted by Crippen LogP contribution is -2.41. The molecule has 0 radical (unpaired) electrons. The van der Waals surface area contributed by atoms with Gasteiger partial charge in [-0.2, -0.15) is 5.26 Å². The highest BCUT2D eigenvalue weighted by Crippen LogP contribution is 2.50. The smallest absolute Gasteiger partial charge is 0.338 e. The van der Waals surface area contributed by atoms with Gasteiger partial charge in [0.2, 0.25) is 0 Å². The zero-order valence-corrected chi connectivity index (χ0v) is 21.5. The normalized spacial score (nSPS) is 18.3. The van der Waals surface area contributed by atoms with E-state index in [0.29, 0.717) is 36.1 Å². The number of nitrogens with one attached hydrogen (secondary N) is 1. The fourth-order valence-electron chi connectivity index (χ4n) is 5.25. The summed E-state index contributed by atoms with van der Waals surface area (Å²) in [6, 6.07) is 14.6. The summed E-state index contributed by atoms with van der Waals surface area (Å²) in [6.07, 6.45) is 5.25. The Hall–Kier alpha value is -3.31. The number of aliphatic hydroxyl groups is 1. The van der Waals surface area contributed by atoms with E-state index >= 15 is 0 Å². The predicted octanol–water partition coefficient (Wildman–Crippen LogP) is 5.95. The number of carbonyl (C=O) groups excluding carboxylic acids is 1. The molecule has 36 heavy (non-hydrogen) atoms. The van der Waals surface area contributed by atoms with Gasteiger partial charge in [-0.1, -0.05) is 38.8 Å². The van der Waals surface area contributed by atoms with E-state index in [0.717, 1.165) is 31.2 Å². The molecule has 1 aliphatic heterocycles. The maximum Gasteiger partial charge on any atom is 0.338 e. The molecule has 190 valence electrons. The Morgan fingerprint density at radius 3 is 2.36 bits per heavy atom. The summed E-state index contributed by atoms with van der Waals surface area (Å²) in [6.45, 7) is 4.08. The molecule has 1 heterocycles. The largest absolute Gasteiger partial charge is 0.512 e. The summed E-state index contributed by atoms with van der Waals surface area (Å²) in [5.41, 5.74) is 1.12. The number of aliphatic hydroxyl groups excluding tert-OH is 1. The molecule has 2 aromatic rings. The van der Waals surface area contributed by atoms with Crippen LogP contribution in [0.3, 0.4) is 0 Å².